The lowest BCUT2D eigenvalue weighted by atomic mass is 9.79. The Hall–Kier alpha value is -2.21. The molecule has 3 aliphatic heterocycles. The molecule has 0 aliphatic carbocycles. The Morgan fingerprint density at radius 2 is 2.09 bits per heavy atom. The summed E-state index contributed by atoms with van der Waals surface area (Å²) in [6, 6.07) is 4.31. The number of carbonyl (C=O) groups is 1. The van der Waals surface area contributed by atoms with E-state index in [1.807, 2.05) is 12.1 Å². The maximum atomic E-state index is 12.5. The Balaban J connectivity index is 1.49. The van der Waals surface area contributed by atoms with Crippen molar-refractivity contribution in [2.24, 2.45) is 5.92 Å². The van der Waals surface area contributed by atoms with E-state index in [2.05, 4.69) is 27.2 Å². The van der Waals surface area contributed by atoms with E-state index in [1.54, 1.807) is 24.8 Å². The minimum Gasteiger partial charge on any atom is -0.332 e. The lowest BCUT2D eigenvalue weighted by Crippen LogP contribution is -2.62. The van der Waals surface area contributed by atoms with E-state index in [9.17, 15) is 4.79 Å². The molecule has 2 aromatic heterocycles. The molecular weight excluding hydrogens is 290 g/mol. The monoisotopic (exact) mass is 311 g/mol. The summed E-state index contributed by atoms with van der Waals surface area (Å²) in [4.78, 5) is 19.1. The predicted octanol–water partition coefficient (Wildman–Crippen LogP) is 1.99. The highest BCUT2D eigenvalue weighted by atomic mass is 16.2. The maximum Gasteiger partial charge on any atom is 0.342 e. The predicted molar refractivity (Wildman–Crippen MR) is 86.9 cm³/mol. The van der Waals surface area contributed by atoms with Gasteiger partial charge in [-0.1, -0.05) is 6.07 Å². The Morgan fingerprint density at radius 1 is 1.26 bits per heavy atom. The number of nitrogens with zero attached hydrogens (tertiary/aromatic N) is 4. The van der Waals surface area contributed by atoms with Crippen molar-refractivity contribution >= 4 is 6.03 Å². The van der Waals surface area contributed by atoms with Gasteiger partial charge < -0.3 is 5.32 Å². The van der Waals surface area contributed by atoms with Crippen molar-refractivity contribution in [3.05, 3.63) is 36.9 Å². The fourth-order valence-electron chi connectivity index (χ4n) is 3.87. The molecule has 6 nitrogen and oxygen atoms in total. The molecule has 3 fully saturated rings. The van der Waals surface area contributed by atoms with Gasteiger partial charge >= 0.3 is 6.03 Å². The minimum atomic E-state index is -0.147. The van der Waals surface area contributed by atoms with Crippen molar-refractivity contribution in [1.29, 1.82) is 0 Å². The van der Waals surface area contributed by atoms with E-state index in [0.717, 1.165) is 24.2 Å². The van der Waals surface area contributed by atoms with Gasteiger partial charge in [0, 0.05) is 41.8 Å². The molecule has 2 aromatic rings. The van der Waals surface area contributed by atoms with Crippen LogP contribution in [0, 0.1) is 5.92 Å². The van der Waals surface area contributed by atoms with Crippen LogP contribution in [0.4, 0.5) is 4.79 Å². The summed E-state index contributed by atoms with van der Waals surface area (Å²) in [7, 11) is 0. The van der Waals surface area contributed by atoms with Gasteiger partial charge in [0.25, 0.3) is 0 Å². The van der Waals surface area contributed by atoms with Crippen LogP contribution in [0.15, 0.2) is 36.9 Å². The molecule has 1 amide bonds. The molecule has 120 valence electrons. The number of hydrogen-bond acceptors (Lipinski definition) is 4. The molecule has 0 radical (unpaired) electrons. The van der Waals surface area contributed by atoms with Crippen molar-refractivity contribution in [2.45, 2.75) is 31.8 Å². The van der Waals surface area contributed by atoms with E-state index in [1.165, 1.54) is 17.5 Å². The molecule has 0 unspecified atom stereocenters. The Labute approximate surface area is 135 Å². The van der Waals surface area contributed by atoms with Gasteiger partial charge in [-0.15, -0.1) is 0 Å². The van der Waals surface area contributed by atoms with E-state index in [-0.39, 0.29) is 12.1 Å². The first-order chi connectivity index (χ1) is 11.2. The van der Waals surface area contributed by atoms with Crippen LogP contribution in [0.1, 0.15) is 19.8 Å². The number of piperidine rings is 3. The topological polar surface area (TPSA) is 63.1 Å². The first-order valence-corrected chi connectivity index (χ1v) is 8.22. The molecule has 2 bridgehead atoms. The van der Waals surface area contributed by atoms with Crippen LogP contribution >= 0.6 is 0 Å². The number of nitrogens with one attached hydrogen (secondary N) is 1. The van der Waals surface area contributed by atoms with Gasteiger partial charge in [0.15, 0.2) is 0 Å². The van der Waals surface area contributed by atoms with Gasteiger partial charge in [0.2, 0.25) is 0 Å². The average Bonchev–Trinajstić information content (AvgIpc) is 3.09. The third kappa shape index (κ3) is 2.63. The van der Waals surface area contributed by atoms with Crippen molar-refractivity contribution in [2.75, 3.05) is 13.1 Å². The zero-order chi connectivity index (χ0) is 15.8. The number of amides is 1. The summed E-state index contributed by atoms with van der Waals surface area (Å²) in [5.74, 6) is 0.590. The number of carbonyl (C=O) groups excluding carboxylic acids is 1. The third-order valence-corrected chi connectivity index (χ3v) is 5.25. The van der Waals surface area contributed by atoms with Gasteiger partial charge in [-0.05, 0) is 44.8 Å². The molecule has 5 rings (SSSR count). The van der Waals surface area contributed by atoms with Crippen LogP contribution in [0.3, 0.4) is 0 Å². The van der Waals surface area contributed by atoms with Crippen LogP contribution in [0.2, 0.25) is 0 Å². The molecule has 0 aromatic carbocycles. The highest BCUT2D eigenvalue weighted by Gasteiger charge is 2.40. The summed E-state index contributed by atoms with van der Waals surface area (Å²) in [6.07, 6.45) is 9.32. The van der Waals surface area contributed by atoms with Crippen molar-refractivity contribution < 1.29 is 4.79 Å². The summed E-state index contributed by atoms with van der Waals surface area (Å²) in [5.41, 5.74) is 1.86. The quantitative estimate of drug-likeness (QED) is 0.921. The zero-order valence-electron chi connectivity index (χ0n) is 13.2. The summed E-state index contributed by atoms with van der Waals surface area (Å²) < 4.78 is 1.40. The molecule has 0 spiro atoms. The first-order valence-electron chi connectivity index (χ1n) is 8.22. The smallest absolute Gasteiger partial charge is 0.332 e. The molecule has 2 atom stereocenters. The number of rotatable bonds is 2. The van der Waals surface area contributed by atoms with E-state index in [4.69, 9.17) is 0 Å². The van der Waals surface area contributed by atoms with Crippen LogP contribution in [-0.2, 0) is 0 Å². The second-order valence-electron chi connectivity index (χ2n) is 6.50. The Morgan fingerprint density at radius 3 is 2.78 bits per heavy atom. The highest BCUT2D eigenvalue weighted by Crippen LogP contribution is 2.32. The van der Waals surface area contributed by atoms with Crippen LogP contribution < -0.4 is 5.32 Å². The molecule has 1 N–H and O–H groups in total. The molecule has 3 saturated heterocycles. The second-order valence-corrected chi connectivity index (χ2v) is 6.50. The molecular formula is C17H21N5O. The Bertz CT molecular complexity index is 688. The lowest BCUT2D eigenvalue weighted by Gasteiger charge is -2.49. The van der Waals surface area contributed by atoms with Gasteiger partial charge in [-0.2, -0.15) is 9.78 Å². The molecule has 0 saturated carbocycles. The van der Waals surface area contributed by atoms with Gasteiger partial charge in [0.05, 0.1) is 6.20 Å². The average molecular weight is 311 g/mol. The summed E-state index contributed by atoms with van der Waals surface area (Å²) in [5, 5.41) is 7.39. The summed E-state index contributed by atoms with van der Waals surface area (Å²) in [6.45, 7) is 4.52. The van der Waals surface area contributed by atoms with E-state index < -0.39 is 0 Å². The molecule has 3 aliphatic rings. The fraction of sp³-hybridized carbons (Fsp3) is 0.471. The van der Waals surface area contributed by atoms with Crippen LogP contribution in [0.5, 0.6) is 0 Å². The third-order valence-electron chi connectivity index (χ3n) is 5.25. The fourth-order valence-corrected chi connectivity index (χ4v) is 3.87. The SMILES string of the molecule is C[C@@H]1[C@H](NC(=O)n2cc(-c3cccnc3)cn2)C2CCN1CC2. The Kier molecular flexibility index (Phi) is 3.61. The van der Waals surface area contributed by atoms with Crippen molar-refractivity contribution in [1.82, 2.24) is 25.0 Å². The molecule has 6 heteroatoms. The van der Waals surface area contributed by atoms with Crippen molar-refractivity contribution in [3.63, 3.8) is 0 Å². The maximum absolute atomic E-state index is 12.5. The van der Waals surface area contributed by atoms with E-state index in [0.29, 0.717) is 12.0 Å². The largest absolute Gasteiger partial charge is 0.342 e. The standard InChI is InChI=1S/C17H21N5O/c1-12-16(13-4-7-21(12)8-5-13)20-17(23)22-11-15(10-19-22)14-3-2-6-18-9-14/h2-3,6,9-13,16H,4-5,7-8H2,1H3,(H,20,23)/t12-,16+/m1/s1. The lowest BCUT2D eigenvalue weighted by molar-refractivity contribution is 0.0266. The normalized spacial score (nSPS) is 29.4. The van der Waals surface area contributed by atoms with Crippen LogP contribution in [-0.4, -0.2) is 50.9 Å². The van der Waals surface area contributed by atoms with Crippen LogP contribution in [0.25, 0.3) is 11.1 Å². The minimum absolute atomic E-state index is 0.147. The van der Waals surface area contributed by atoms with Gasteiger partial charge in [-0.3, -0.25) is 9.88 Å². The zero-order valence-corrected chi connectivity index (χ0v) is 13.2. The first kappa shape index (κ1) is 14.4. The van der Waals surface area contributed by atoms with Gasteiger partial charge in [-0.25, -0.2) is 4.79 Å². The molecule has 5 heterocycles. The second kappa shape index (κ2) is 5.77. The van der Waals surface area contributed by atoms with Gasteiger partial charge in [0.1, 0.15) is 0 Å². The molecule has 23 heavy (non-hydrogen) atoms. The number of pyridine rings is 1. The van der Waals surface area contributed by atoms with E-state index >= 15 is 0 Å². The number of hydrogen-bond donors (Lipinski definition) is 1. The number of fused-ring (bicyclic) bond motifs is 3. The van der Waals surface area contributed by atoms with Crippen molar-refractivity contribution in [3.8, 4) is 11.1 Å². The summed E-state index contributed by atoms with van der Waals surface area (Å²) >= 11 is 0. The number of aromatic nitrogens is 3. The highest BCUT2D eigenvalue weighted by molar-refractivity contribution is 5.77.